The van der Waals surface area contributed by atoms with Crippen molar-refractivity contribution in [2.24, 2.45) is 23.7 Å². The molecule has 564 valence electrons. The van der Waals surface area contributed by atoms with Crippen LogP contribution in [-0.4, -0.2) is 96.7 Å². The number of carbonyl (C=O) groups is 4. The first-order valence-electron chi connectivity index (χ1n) is 39.3. The lowest BCUT2D eigenvalue weighted by Gasteiger charge is -2.21. The van der Waals surface area contributed by atoms with Crippen molar-refractivity contribution < 1.29 is 80.2 Å². The van der Waals surface area contributed by atoms with Crippen LogP contribution in [0.15, 0.2) is 0 Å². The van der Waals surface area contributed by atoms with E-state index in [1.165, 1.54) is 173 Å². The number of aliphatic hydroxyl groups excluding tert-OH is 1. The molecule has 0 aromatic carbocycles. The summed E-state index contributed by atoms with van der Waals surface area (Å²) in [6.45, 7) is 14.2. The fraction of sp³-hybridized carbons (Fsp3) is 0.947. The zero-order valence-electron chi connectivity index (χ0n) is 62.3. The maximum atomic E-state index is 13.1. The Labute approximate surface area is 581 Å². The number of hydrogen-bond acceptors (Lipinski definition) is 15. The molecule has 0 fully saturated rings. The van der Waals surface area contributed by atoms with Gasteiger partial charge in [0, 0.05) is 25.7 Å². The Bertz CT molecular complexity index is 1870. The molecule has 0 saturated carbocycles. The van der Waals surface area contributed by atoms with Gasteiger partial charge in [-0.25, -0.2) is 9.13 Å². The average Bonchev–Trinajstić information content (AvgIpc) is 2.02. The number of phosphoric ester groups is 2. The molecule has 7 atom stereocenters. The minimum Gasteiger partial charge on any atom is -0.462 e. The van der Waals surface area contributed by atoms with Gasteiger partial charge in [-0.05, 0) is 49.4 Å². The summed E-state index contributed by atoms with van der Waals surface area (Å²) < 4.78 is 68.5. The largest absolute Gasteiger partial charge is 0.472 e. The minimum absolute atomic E-state index is 0.106. The van der Waals surface area contributed by atoms with E-state index in [1.54, 1.807) is 0 Å². The summed E-state index contributed by atoms with van der Waals surface area (Å²) in [5.41, 5.74) is 0. The number of unbranched alkanes of at least 4 members (excludes halogenated alkanes) is 37. The highest BCUT2D eigenvalue weighted by molar-refractivity contribution is 7.47. The predicted octanol–water partition coefficient (Wildman–Crippen LogP) is 22.0. The summed E-state index contributed by atoms with van der Waals surface area (Å²) >= 11 is 0. The maximum absolute atomic E-state index is 13.1. The smallest absolute Gasteiger partial charge is 0.462 e. The lowest BCUT2D eigenvalue weighted by molar-refractivity contribution is -0.161. The van der Waals surface area contributed by atoms with Crippen molar-refractivity contribution in [3.63, 3.8) is 0 Å². The first kappa shape index (κ1) is 93.1. The summed E-state index contributed by atoms with van der Waals surface area (Å²) in [5, 5.41) is 10.6. The Hall–Kier alpha value is -1.94. The van der Waals surface area contributed by atoms with Crippen LogP contribution in [0.4, 0.5) is 0 Å². The third-order valence-corrected chi connectivity index (χ3v) is 20.2. The van der Waals surface area contributed by atoms with Gasteiger partial charge < -0.3 is 33.8 Å². The van der Waals surface area contributed by atoms with Gasteiger partial charge in [-0.2, -0.15) is 0 Å². The third kappa shape index (κ3) is 67.6. The Balaban J connectivity index is 5.19. The number of aliphatic hydroxyl groups is 1. The van der Waals surface area contributed by atoms with Crippen molar-refractivity contribution in [2.45, 2.75) is 401 Å². The molecule has 17 nitrogen and oxygen atoms in total. The van der Waals surface area contributed by atoms with E-state index in [4.69, 9.17) is 37.0 Å². The maximum Gasteiger partial charge on any atom is 0.472 e. The van der Waals surface area contributed by atoms with Gasteiger partial charge in [0.1, 0.15) is 19.3 Å². The molecule has 0 spiro atoms. The second kappa shape index (κ2) is 65.4. The monoisotopic (exact) mass is 1400 g/mol. The van der Waals surface area contributed by atoms with E-state index in [0.29, 0.717) is 37.5 Å². The van der Waals surface area contributed by atoms with Crippen LogP contribution in [0.1, 0.15) is 383 Å². The van der Waals surface area contributed by atoms with Crippen LogP contribution in [-0.2, 0) is 65.4 Å². The van der Waals surface area contributed by atoms with Crippen molar-refractivity contribution >= 4 is 39.5 Å². The molecule has 0 rings (SSSR count). The lowest BCUT2D eigenvalue weighted by Crippen LogP contribution is -2.30. The second-order valence-corrected chi connectivity index (χ2v) is 31.7. The molecule has 0 aliphatic heterocycles. The highest BCUT2D eigenvalue weighted by Gasteiger charge is 2.30. The topological polar surface area (TPSA) is 237 Å². The Kier molecular flexibility index (Phi) is 64.0. The number of esters is 4. The molecule has 0 heterocycles. The Morgan fingerprint density at radius 2 is 0.505 bits per heavy atom. The van der Waals surface area contributed by atoms with Gasteiger partial charge in [0.25, 0.3) is 0 Å². The van der Waals surface area contributed by atoms with E-state index in [1.807, 2.05) is 0 Å². The number of carbonyl (C=O) groups excluding carboxylic acids is 4. The summed E-state index contributed by atoms with van der Waals surface area (Å²) in [6, 6.07) is 0. The Morgan fingerprint density at radius 1 is 0.295 bits per heavy atom. The van der Waals surface area contributed by atoms with Crippen LogP contribution < -0.4 is 0 Å². The van der Waals surface area contributed by atoms with Gasteiger partial charge in [-0.3, -0.25) is 37.3 Å². The van der Waals surface area contributed by atoms with E-state index in [-0.39, 0.29) is 25.7 Å². The molecular formula is C76H148O17P2. The van der Waals surface area contributed by atoms with Crippen LogP contribution in [0, 0.1) is 23.7 Å². The molecule has 3 N–H and O–H groups in total. The molecule has 0 amide bonds. The molecule has 4 unspecified atom stereocenters. The van der Waals surface area contributed by atoms with Gasteiger partial charge >= 0.3 is 39.5 Å². The van der Waals surface area contributed by atoms with Crippen LogP contribution in [0.5, 0.6) is 0 Å². The number of hydrogen-bond donors (Lipinski definition) is 3. The van der Waals surface area contributed by atoms with Crippen LogP contribution in [0.25, 0.3) is 0 Å². The van der Waals surface area contributed by atoms with Gasteiger partial charge in [0.2, 0.25) is 0 Å². The number of rotatable bonds is 73. The Morgan fingerprint density at radius 3 is 0.747 bits per heavy atom. The van der Waals surface area contributed by atoms with Gasteiger partial charge in [-0.15, -0.1) is 0 Å². The first-order valence-corrected chi connectivity index (χ1v) is 42.3. The highest BCUT2D eigenvalue weighted by atomic mass is 31.2. The highest BCUT2D eigenvalue weighted by Crippen LogP contribution is 2.45. The van der Waals surface area contributed by atoms with Crippen LogP contribution >= 0.6 is 15.6 Å². The normalized spacial score (nSPS) is 14.7. The van der Waals surface area contributed by atoms with E-state index < -0.39 is 97.5 Å². The van der Waals surface area contributed by atoms with Crippen molar-refractivity contribution in [3.05, 3.63) is 0 Å². The summed E-state index contributed by atoms with van der Waals surface area (Å²) in [7, 11) is -9.91. The first-order chi connectivity index (χ1) is 45.7. The van der Waals surface area contributed by atoms with Crippen LogP contribution in [0.3, 0.4) is 0 Å². The van der Waals surface area contributed by atoms with Crippen molar-refractivity contribution in [3.8, 4) is 0 Å². The summed E-state index contributed by atoms with van der Waals surface area (Å²) in [5.74, 6) is 0.952. The van der Waals surface area contributed by atoms with Crippen LogP contribution in [0.2, 0.25) is 0 Å². The molecule has 0 aromatic rings. The zero-order valence-corrected chi connectivity index (χ0v) is 64.1. The zero-order chi connectivity index (χ0) is 70.3. The molecule has 0 radical (unpaired) electrons. The van der Waals surface area contributed by atoms with Crippen molar-refractivity contribution in [1.29, 1.82) is 0 Å². The quantitative estimate of drug-likeness (QED) is 0.0222. The standard InChI is InChI=1S/C76H148O17P2/c1-9-68(7)54-46-38-29-23-19-15-11-13-17-21-25-31-42-50-58-75(80)92-71(62-86-73(78)56-48-40-33-27-28-36-44-52-66(3)4)64-90-94(82,83)88-60-70(77)61-89-95(84,85)91-65-72(63-87-74(79)57-49-41-35-34-37-45-53-67(5)6)93-76(81)59-51-43-32-26-22-18-14-12-16-20-24-30-39-47-55-69(8)10-2/h66-72,77H,9-65H2,1-8H3,(H,82,83)(H,84,85)/t68?,69?,70-,71-,72-/m1/s1. The van der Waals surface area contributed by atoms with E-state index in [9.17, 15) is 43.2 Å². The van der Waals surface area contributed by atoms with Crippen molar-refractivity contribution in [1.82, 2.24) is 0 Å². The molecule has 95 heavy (non-hydrogen) atoms. The third-order valence-electron chi connectivity index (χ3n) is 18.3. The SMILES string of the molecule is CCC(C)CCCCCCCCCCCCCCCCC(=O)O[C@H](COC(=O)CCCCCCCCCC(C)C)COP(=O)(O)OC[C@@H](O)COP(=O)(O)OC[C@@H](COC(=O)CCCCCCCCC(C)C)OC(=O)CCCCCCCCCCCCCCCCC(C)CC. The predicted molar refractivity (Wildman–Crippen MR) is 386 cm³/mol. The molecule has 0 aromatic heterocycles. The summed E-state index contributed by atoms with van der Waals surface area (Å²) in [4.78, 5) is 72.7. The molecule has 0 aliphatic rings. The molecular weight excluding hydrogens is 1250 g/mol. The molecule has 0 bridgehead atoms. The van der Waals surface area contributed by atoms with E-state index in [2.05, 4.69) is 55.4 Å². The average molecular weight is 1400 g/mol. The van der Waals surface area contributed by atoms with Gasteiger partial charge in [0.15, 0.2) is 12.2 Å². The fourth-order valence-electron chi connectivity index (χ4n) is 11.5. The van der Waals surface area contributed by atoms with Gasteiger partial charge in [0.05, 0.1) is 26.4 Å². The van der Waals surface area contributed by atoms with E-state index >= 15 is 0 Å². The molecule has 19 heteroatoms. The number of phosphoric acid groups is 2. The number of ether oxygens (including phenoxy) is 4. The fourth-order valence-corrected chi connectivity index (χ4v) is 13.1. The minimum atomic E-state index is -4.96. The summed E-state index contributed by atoms with van der Waals surface area (Å²) in [6.07, 6.45) is 50.1. The van der Waals surface area contributed by atoms with Crippen molar-refractivity contribution in [2.75, 3.05) is 39.6 Å². The molecule has 0 aliphatic carbocycles. The molecule has 0 saturated heterocycles. The second-order valence-electron chi connectivity index (χ2n) is 28.8. The van der Waals surface area contributed by atoms with Gasteiger partial charge in [-0.1, -0.05) is 331 Å². The van der Waals surface area contributed by atoms with E-state index in [0.717, 1.165) is 115 Å². The lowest BCUT2D eigenvalue weighted by atomic mass is 9.99.